The third-order valence-corrected chi connectivity index (χ3v) is 4.60. The Morgan fingerprint density at radius 1 is 1.24 bits per heavy atom. The monoisotopic (exact) mass is 303 g/mol. The molecule has 0 aliphatic heterocycles. The molecular weight excluding hydrogens is 278 g/mol. The Labute approximate surface area is 132 Å². The van der Waals surface area contributed by atoms with E-state index in [1.54, 1.807) is 0 Å². The van der Waals surface area contributed by atoms with Gasteiger partial charge in [-0.1, -0.05) is 44.2 Å². The maximum absolute atomic E-state index is 4.90. The van der Waals surface area contributed by atoms with Gasteiger partial charge in [0, 0.05) is 24.5 Å². The van der Waals surface area contributed by atoms with Crippen molar-refractivity contribution < 1.29 is 0 Å². The van der Waals surface area contributed by atoms with E-state index in [2.05, 4.69) is 61.3 Å². The van der Waals surface area contributed by atoms with Crippen molar-refractivity contribution in [3.63, 3.8) is 0 Å². The molecule has 0 saturated heterocycles. The molecule has 2 rings (SSSR count). The summed E-state index contributed by atoms with van der Waals surface area (Å²) >= 11 is 1.82. The van der Waals surface area contributed by atoms with Crippen LogP contribution in [0, 0.1) is 0 Å². The van der Waals surface area contributed by atoms with Gasteiger partial charge in [0.25, 0.3) is 0 Å². The van der Waals surface area contributed by atoms with Crippen molar-refractivity contribution in [1.29, 1.82) is 0 Å². The number of aromatic nitrogens is 1. The van der Waals surface area contributed by atoms with Gasteiger partial charge in [-0.15, -0.1) is 11.3 Å². The summed E-state index contributed by atoms with van der Waals surface area (Å²) in [7, 11) is 1.99. The molecule has 1 heterocycles. The Morgan fingerprint density at radius 3 is 2.52 bits per heavy atom. The summed E-state index contributed by atoms with van der Waals surface area (Å²) in [5, 5.41) is 4.39. The molecule has 0 aliphatic rings. The Hall–Kier alpha value is -1.39. The van der Waals surface area contributed by atoms with E-state index in [9.17, 15) is 0 Å². The lowest BCUT2D eigenvalue weighted by atomic mass is 10.1. The SMILES string of the molecule is CCN(Cc1ccccc1)c1nc(C(C)C)c(CNC)s1. The lowest BCUT2D eigenvalue weighted by Gasteiger charge is -2.19. The van der Waals surface area contributed by atoms with E-state index in [0.29, 0.717) is 5.92 Å². The van der Waals surface area contributed by atoms with Gasteiger partial charge in [0.2, 0.25) is 0 Å². The van der Waals surface area contributed by atoms with Crippen molar-refractivity contribution in [2.75, 3.05) is 18.5 Å². The minimum Gasteiger partial charge on any atom is -0.344 e. The molecule has 0 radical (unpaired) electrons. The lowest BCUT2D eigenvalue weighted by molar-refractivity contribution is 0.763. The predicted octanol–water partition coefficient (Wildman–Crippen LogP) is 4.01. The Morgan fingerprint density at radius 2 is 1.95 bits per heavy atom. The van der Waals surface area contributed by atoms with Gasteiger partial charge in [-0.3, -0.25) is 0 Å². The van der Waals surface area contributed by atoms with Gasteiger partial charge in [-0.25, -0.2) is 4.98 Å². The zero-order chi connectivity index (χ0) is 15.2. The minimum atomic E-state index is 0.466. The molecule has 4 heteroatoms. The highest BCUT2D eigenvalue weighted by atomic mass is 32.1. The van der Waals surface area contributed by atoms with E-state index >= 15 is 0 Å². The summed E-state index contributed by atoms with van der Waals surface area (Å²) in [4.78, 5) is 8.61. The Balaban J connectivity index is 2.23. The summed E-state index contributed by atoms with van der Waals surface area (Å²) < 4.78 is 0. The minimum absolute atomic E-state index is 0.466. The number of hydrogen-bond donors (Lipinski definition) is 1. The van der Waals surface area contributed by atoms with E-state index in [1.807, 2.05) is 18.4 Å². The predicted molar refractivity (Wildman–Crippen MR) is 92.1 cm³/mol. The van der Waals surface area contributed by atoms with E-state index in [4.69, 9.17) is 4.98 Å². The Kier molecular flexibility index (Phi) is 5.76. The van der Waals surface area contributed by atoms with Gasteiger partial charge in [0.05, 0.1) is 5.69 Å². The summed E-state index contributed by atoms with van der Waals surface area (Å²) in [5.74, 6) is 0.466. The van der Waals surface area contributed by atoms with E-state index in [0.717, 1.165) is 24.8 Å². The van der Waals surface area contributed by atoms with Gasteiger partial charge in [-0.2, -0.15) is 0 Å². The molecule has 0 atom stereocenters. The van der Waals surface area contributed by atoms with Crippen LogP contribution in [-0.2, 0) is 13.1 Å². The number of benzene rings is 1. The van der Waals surface area contributed by atoms with Crippen molar-refractivity contribution in [2.45, 2.75) is 39.8 Å². The normalized spacial score (nSPS) is 11.1. The average Bonchev–Trinajstić information content (AvgIpc) is 2.90. The van der Waals surface area contributed by atoms with Gasteiger partial charge in [0.1, 0.15) is 0 Å². The van der Waals surface area contributed by atoms with E-state index < -0.39 is 0 Å². The molecule has 3 nitrogen and oxygen atoms in total. The highest BCUT2D eigenvalue weighted by Crippen LogP contribution is 2.31. The number of anilines is 1. The average molecular weight is 303 g/mol. The first-order valence-corrected chi connectivity index (χ1v) is 8.40. The lowest BCUT2D eigenvalue weighted by Crippen LogP contribution is -2.21. The first-order chi connectivity index (χ1) is 10.2. The number of nitrogens with zero attached hydrogens (tertiary/aromatic N) is 2. The van der Waals surface area contributed by atoms with Crippen molar-refractivity contribution in [3.05, 3.63) is 46.5 Å². The summed E-state index contributed by atoms with van der Waals surface area (Å²) in [6.45, 7) is 9.41. The van der Waals surface area contributed by atoms with Crippen LogP contribution in [0.25, 0.3) is 0 Å². The third-order valence-electron chi connectivity index (χ3n) is 3.47. The van der Waals surface area contributed by atoms with Crippen LogP contribution in [0.4, 0.5) is 5.13 Å². The number of thiazole rings is 1. The third kappa shape index (κ3) is 4.05. The number of rotatable bonds is 7. The van der Waals surface area contributed by atoms with Gasteiger partial charge in [0.15, 0.2) is 5.13 Å². The fourth-order valence-corrected chi connectivity index (χ4v) is 3.63. The maximum Gasteiger partial charge on any atom is 0.186 e. The first kappa shape index (κ1) is 16.0. The molecule has 0 amide bonds. The van der Waals surface area contributed by atoms with Crippen LogP contribution in [0.3, 0.4) is 0 Å². The molecule has 2 aromatic rings. The molecule has 21 heavy (non-hydrogen) atoms. The summed E-state index contributed by atoms with van der Waals surface area (Å²) in [5.41, 5.74) is 2.56. The van der Waals surface area contributed by atoms with Crippen LogP contribution in [0.15, 0.2) is 30.3 Å². The van der Waals surface area contributed by atoms with Crippen molar-refractivity contribution >= 4 is 16.5 Å². The fourth-order valence-electron chi connectivity index (χ4n) is 2.34. The molecule has 0 saturated carbocycles. The molecule has 114 valence electrons. The highest BCUT2D eigenvalue weighted by molar-refractivity contribution is 7.15. The Bertz CT molecular complexity index is 548. The summed E-state index contributed by atoms with van der Waals surface area (Å²) in [6.07, 6.45) is 0. The smallest absolute Gasteiger partial charge is 0.186 e. The van der Waals surface area contributed by atoms with Gasteiger partial charge < -0.3 is 10.2 Å². The van der Waals surface area contributed by atoms with Crippen molar-refractivity contribution in [1.82, 2.24) is 10.3 Å². The first-order valence-electron chi connectivity index (χ1n) is 7.58. The van der Waals surface area contributed by atoms with Crippen LogP contribution in [0.5, 0.6) is 0 Å². The van der Waals surface area contributed by atoms with Crippen molar-refractivity contribution in [2.24, 2.45) is 0 Å². The largest absolute Gasteiger partial charge is 0.344 e. The molecule has 1 aromatic carbocycles. The second-order valence-corrected chi connectivity index (χ2v) is 6.55. The topological polar surface area (TPSA) is 28.2 Å². The zero-order valence-electron chi connectivity index (χ0n) is 13.4. The quantitative estimate of drug-likeness (QED) is 0.837. The van der Waals surface area contributed by atoms with Crippen LogP contribution in [0.2, 0.25) is 0 Å². The van der Waals surface area contributed by atoms with Crippen LogP contribution >= 0.6 is 11.3 Å². The van der Waals surface area contributed by atoms with Gasteiger partial charge >= 0.3 is 0 Å². The van der Waals surface area contributed by atoms with Crippen LogP contribution < -0.4 is 10.2 Å². The molecule has 0 fully saturated rings. The molecule has 1 aromatic heterocycles. The second-order valence-electron chi connectivity index (χ2n) is 5.49. The molecular formula is C17H25N3S. The second kappa shape index (κ2) is 7.57. The molecule has 0 spiro atoms. The van der Waals surface area contributed by atoms with Crippen LogP contribution in [0.1, 0.15) is 42.8 Å². The fraction of sp³-hybridized carbons (Fsp3) is 0.471. The molecule has 0 bridgehead atoms. The summed E-state index contributed by atoms with van der Waals surface area (Å²) in [6, 6.07) is 10.6. The van der Waals surface area contributed by atoms with Gasteiger partial charge in [-0.05, 0) is 25.5 Å². The standard InChI is InChI=1S/C17H25N3S/c1-5-20(12-14-9-7-6-8-10-14)17-19-16(13(2)3)15(21-17)11-18-4/h6-10,13,18H,5,11-12H2,1-4H3. The molecule has 0 aliphatic carbocycles. The van der Waals surface area contributed by atoms with Crippen LogP contribution in [-0.4, -0.2) is 18.6 Å². The number of nitrogens with one attached hydrogen (secondary N) is 1. The van der Waals surface area contributed by atoms with Crippen molar-refractivity contribution in [3.8, 4) is 0 Å². The molecule has 0 unspecified atom stereocenters. The van der Waals surface area contributed by atoms with E-state index in [-0.39, 0.29) is 0 Å². The zero-order valence-corrected chi connectivity index (χ0v) is 14.2. The van der Waals surface area contributed by atoms with E-state index in [1.165, 1.54) is 16.1 Å². The number of hydrogen-bond acceptors (Lipinski definition) is 4. The highest BCUT2D eigenvalue weighted by Gasteiger charge is 2.17. The molecule has 1 N–H and O–H groups in total. The maximum atomic E-state index is 4.90.